The first-order valence-electron chi connectivity index (χ1n) is 7.91. The summed E-state index contributed by atoms with van der Waals surface area (Å²) in [7, 11) is 1.77. The summed E-state index contributed by atoms with van der Waals surface area (Å²) < 4.78 is 0. The molecule has 1 atom stereocenters. The molecule has 0 aliphatic rings. The van der Waals surface area contributed by atoms with Crippen molar-refractivity contribution in [3.8, 4) is 0 Å². The van der Waals surface area contributed by atoms with Crippen LogP contribution in [-0.4, -0.2) is 37.3 Å². The number of nitrogens with zero attached hydrogens (tertiary/aromatic N) is 2. The molecular formula is C19H24N2O2. The lowest BCUT2D eigenvalue weighted by Gasteiger charge is -2.28. The SMILES string of the molecule is CCC(O)CN(CC(=O)N(C)c1ccccc1)c1ccccc1. The Labute approximate surface area is 138 Å². The van der Waals surface area contributed by atoms with Crippen molar-refractivity contribution in [1.29, 1.82) is 0 Å². The number of carbonyl (C=O) groups excluding carboxylic acids is 1. The van der Waals surface area contributed by atoms with Crippen LogP contribution in [0.5, 0.6) is 0 Å². The van der Waals surface area contributed by atoms with Gasteiger partial charge in [-0.3, -0.25) is 4.79 Å². The Morgan fingerprint density at radius 2 is 1.52 bits per heavy atom. The minimum absolute atomic E-state index is 0.0108. The molecule has 122 valence electrons. The van der Waals surface area contributed by atoms with E-state index in [9.17, 15) is 9.90 Å². The normalized spacial score (nSPS) is 11.8. The predicted molar refractivity (Wildman–Crippen MR) is 94.8 cm³/mol. The van der Waals surface area contributed by atoms with Crippen molar-refractivity contribution in [2.45, 2.75) is 19.4 Å². The Bertz CT molecular complexity index is 601. The van der Waals surface area contributed by atoms with E-state index in [1.165, 1.54) is 0 Å². The second-order valence-corrected chi connectivity index (χ2v) is 5.57. The molecule has 2 aromatic carbocycles. The van der Waals surface area contributed by atoms with Crippen molar-refractivity contribution < 1.29 is 9.90 Å². The standard InChI is InChI=1S/C19H24N2O2/c1-3-18(22)14-21(17-12-8-5-9-13-17)15-19(23)20(2)16-10-6-4-7-11-16/h4-13,18,22H,3,14-15H2,1-2H3. The minimum atomic E-state index is -0.454. The monoisotopic (exact) mass is 312 g/mol. The van der Waals surface area contributed by atoms with E-state index in [2.05, 4.69) is 0 Å². The van der Waals surface area contributed by atoms with E-state index >= 15 is 0 Å². The summed E-state index contributed by atoms with van der Waals surface area (Å²) in [6, 6.07) is 19.3. The van der Waals surface area contributed by atoms with Crippen molar-refractivity contribution in [2.75, 3.05) is 29.9 Å². The van der Waals surface area contributed by atoms with Gasteiger partial charge in [0.05, 0.1) is 12.6 Å². The van der Waals surface area contributed by atoms with Crippen molar-refractivity contribution in [2.24, 2.45) is 0 Å². The summed E-state index contributed by atoms with van der Waals surface area (Å²) in [4.78, 5) is 16.2. The zero-order chi connectivity index (χ0) is 16.7. The molecule has 0 saturated heterocycles. The maximum absolute atomic E-state index is 12.6. The van der Waals surface area contributed by atoms with Gasteiger partial charge in [-0.1, -0.05) is 43.3 Å². The zero-order valence-corrected chi connectivity index (χ0v) is 13.7. The number of amides is 1. The number of rotatable bonds is 7. The number of aliphatic hydroxyl groups is 1. The second-order valence-electron chi connectivity index (χ2n) is 5.57. The van der Waals surface area contributed by atoms with Gasteiger partial charge < -0.3 is 14.9 Å². The lowest BCUT2D eigenvalue weighted by atomic mass is 10.2. The Morgan fingerprint density at radius 3 is 2.04 bits per heavy atom. The molecule has 23 heavy (non-hydrogen) atoms. The van der Waals surface area contributed by atoms with Gasteiger partial charge in [0.1, 0.15) is 0 Å². The van der Waals surface area contributed by atoms with Gasteiger partial charge in [-0.05, 0) is 30.7 Å². The van der Waals surface area contributed by atoms with E-state index in [0.717, 1.165) is 11.4 Å². The molecule has 0 radical (unpaired) electrons. The van der Waals surface area contributed by atoms with Crippen LogP contribution in [0.4, 0.5) is 11.4 Å². The lowest BCUT2D eigenvalue weighted by Crippen LogP contribution is -2.41. The zero-order valence-electron chi connectivity index (χ0n) is 13.7. The fourth-order valence-corrected chi connectivity index (χ4v) is 2.35. The van der Waals surface area contributed by atoms with E-state index in [-0.39, 0.29) is 12.5 Å². The quantitative estimate of drug-likeness (QED) is 0.855. The van der Waals surface area contributed by atoms with Crippen LogP contribution in [0, 0.1) is 0 Å². The third kappa shape index (κ3) is 4.83. The smallest absolute Gasteiger partial charge is 0.246 e. The first kappa shape index (κ1) is 17.0. The Balaban J connectivity index is 2.12. The average Bonchev–Trinajstić information content (AvgIpc) is 2.61. The van der Waals surface area contributed by atoms with Crippen LogP contribution >= 0.6 is 0 Å². The molecular weight excluding hydrogens is 288 g/mol. The number of hydrogen-bond acceptors (Lipinski definition) is 3. The molecule has 0 aliphatic heterocycles. The van der Waals surface area contributed by atoms with Crippen LogP contribution in [0.25, 0.3) is 0 Å². The molecule has 1 unspecified atom stereocenters. The van der Waals surface area contributed by atoms with Crippen LogP contribution in [0.15, 0.2) is 60.7 Å². The highest BCUT2D eigenvalue weighted by molar-refractivity contribution is 5.95. The molecule has 2 aromatic rings. The number of carbonyl (C=O) groups is 1. The summed E-state index contributed by atoms with van der Waals surface area (Å²) in [5.74, 6) is -0.0108. The Morgan fingerprint density at radius 1 is 1.00 bits per heavy atom. The number of benzene rings is 2. The number of para-hydroxylation sites is 2. The van der Waals surface area contributed by atoms with Crippen LogP contribution < -0.4 is 9.80 Å². The van der Waals surface area contributed by atoms with Crippen LogP contribution in [-0.2, 0) is 4.79 Å². The third-order valence-electron chi connectivity index (χ3n) is 3.87. The molecule has 1 N–H and O–H groups in total. The molecule has 0 saturated carbocycles. The average molecular weight is 312 g/mol. The summed E-state index contributed by atoms with van der Waals surface area (Å²) >= 11 is 0. The van der Waals surface area contributed by atoms with Gasteiger partial charge in [-0.25, -0.2) is 0 Å². The van der Waals surface area contributed by atoms with Gasteiger partial charge >= 0.3 is 0 Å². The van der Waals surface area contributed by atoms with Gasteiger partial charge in [0.2, 0.25) is 5.91 Å². The van der Waals surface area contributed by atoms with E-state index in [1.54, 1.807) is 11.9 Å². The van der Waals surface area contributed by atoms with Crippen molar-refractivity contribution in [1.82, 2.24) is 0 Å². The van der Waals surface area contributed by atoms with Gasteiger partial charge in [-0.15, -0.1) is 0 Å². The van der Waals surface area contributed by atoms with E-state index in [4.69, 9.17) is 0 Å². The van der Waals surface area contributed by atoms with Crippen molar-refractivity contribution in [3.63, 3.8) is 0 Å². The minimum Gasteiger partial charge on any atom is -0.391 e. The lowest BCUT2D eigenvalue weighted by molar-refractivity contribution is -0.117. The van der Waals surface area contributed by atoms with Gasteiger partial charge in [0.25, 0.3) is 0 Å². The van der Waals surface area contributed by atoms with Crippen LogP contribution in [0.2, 0.25) is 0 Å². The molecule has 0 aromatic heterocycles. The summed E-state index contributed by atoms with van der Waals surface area (Å²) in [6.07, 6.45) is 0.205. The first-order valence-corrected chi connectivity index (χ1v) is 7.91. The number of anilines is 2. The largest absolute Gasteiger partial charge is 0.391 e. The second kappa shape index (κ2) is 8.34. The van der Waals surface area contributed by atoms with Gasteiger partial charge in [0, 0.05) is 25.0 Å². The fraction of sp³-hybridized carbons (Fsp3) is 0.316. The van der Waals surface area contributed by atoms with Crippen LogP contribution in [0.3, 0.4) is 0 Å². The molecule has 4 nitrogen and oxygen atoms in total. The molecule has 0 fully saturated rings. The van der Waals surface area contributed by atoms with Crippen molar-refractivity contribution >= 4 is 17.3 Å². The fourth-order valence-electron chi connectivity index (χ4n) is 2.35. The van der Waals surface area contributed by atoms with Crippen LogP contribution in [0.1, 0.15) is 13.3 Å². The van der Waals surface area contributed by atoms with Gasteiger partial charge in [0.15, 0.2) is 0 Å². The van der Waals surface area contributed by atoms with E-state index < -0.39 is 6.10 Å². The Hall–Kier alpha value is -2.33. The Kier molecular flexibility index (Phi) is 6.18. The highest BCUT2D eigenvalue weighted by atomic mass is 16.3. The molecule has 1 amide bonds. The number of likely N-dealkylation sites (N-methyl/N-ethyl adjacent to an activating group) is 1. The molecule has 0 heterocycles. The maximum atomic E-state index is 12.6. The highest BCUT2D eigenvalue weighted by Gasteiger charge is 2.18. The summed E-state index contributed by atoms with van der Waals surface area (Å²) in [5, 5.41) is 9.99. The highest BCUT2D eigenvalue weighted by Crippen LogP contribution is 2.16. The van der Waals surface area contributed by atoms with Crippen molar-refractivity contribution in [3.05, 3.63) is 60.7 Å². The topological polar surface area (TPSA) is 43.8 Å². The van der Waals surface area contributed by atoms with E-state index in [0.29, 0.717) is 13.0 Å². The molecule has 0 spiro atoms. The van der Waals surface area contributed by atoms with E-state index in [1.807, 2.05) is 72.5 Å². The summed E-state index contributed by atoms with van der Waals surface area (Å²) in [6.45, 7) is 2.60. The molecule has 4 heteroatoms. The first-order chi connectivity index (χ1) is 11.1. The molecule has 0 aliphatic carbocycles. The summed E-state index contributed by atoms with van der Waals surface area (Å²) in [5.41, 5.74) is 1.80. The third-order valence-corrected chi connectivity index (χ3v) is 3.87. The predicted octanol–water partition coefficient (Wildman–Crippen LogP) is 2.93. The maximum Gasteiger partial charge on any atom is 0.246 e. The number of hydrogen-bond donors (Lipinski definition) is 1. The molecule has 2 rings (SSSR count). The van der Waals surface area contributed by atoms with Gasteiger partial charge in [-0.2, -0.15) is 0 Å². The number of aliphatic hydroxyl groups excluding tert-OH is 1. The molecule has 0 bridgehead atoms.